The van der Waals surface area contributed by atoms with Crippen molar-refractivity contribution < 1.29 is 14.4 Å². The predicted molar refractivity (Wildman–Crippen MR) is 138 cm³/mol. The zero-order valence-electron chi connectivity index (χ0n) is 19.5. The van der Waals surface area contributed by atoms with Gasteiger partial charge in [-0.05, 0) is 47.5 Å². The first-order valence-corrected chi connectivity index (χ1v) is 11.8. The van der Waals surface area contributed by atoms with Gasteiger partial charge in [-0.2, -0.15) is 0 Å². The lowest BCUT2D eigenvalue weighted by molar-refractivity contribution is -0.120. The number of hydrogen-bond donors (Lipinski definition) is 2. The van der Waals surface area contributed by atoms with E-state index in [1.165, 1.54) is 23.5 Å². The Kier molecular flexibility index (Phi) is 6.87. The molecule has 3 amide bonds. The largest absolute Gasteiger partial charge is 0.323 e. The lowest BCUT2D eigenvalue weighted by Crippen LogP contribution is -2.46. The van der Waals surface area contributed by atoms with Gasteiger partial charge in [0.2, 0.25) is 5.91 Å². The lowest BCUT2D eigenvalue weighted by Gasteiger charge is -2.29. The van der Waals surface area contributed by atoms with Crippen molar-refractivity contribution in [3.8, 4) is 0 Å². The Morgan fingerprint density at radius 1 is 0.973 bits per heavy atom. The van der Waals surface area contributed by atoms with E-state index in [1.54, 1.807) is 60.9 Å². The summed E-state index contributed by atoms with van der Waals surface area (Å²) in [6.45, 7) is 0.158. The van der Waals surface area contributed by atoms with Crippen molar-refractivity contribution >= 4 is 40.8 Å². The maximum absolute atomic E-state index is 13.7. The SMILES string of the molecule is O=C(Nc1cnccn1)c1ccc(CN2C(=O)c3ccc(Cl)cc3NC(=O)[C@H]2Cc2cccnc2)cc1. The third-order valence-electron chi connectivity index (χ3n) is 5.94. The number of nitrogens with one attached hydrogen (secondary N) is 2. The minimum absolute atomic E-state index is 0.158. The molecular weight excluding hydrogens is 492 g/mol. The van der Waals surface area contributed by atoms with E-state index in [1.807, 2.05) is 6.07 Å². The maximum Gasteiger partial charge on any atom is 0.256 e. The first-order valence-electron chi connectivity index (χ1n) is 11.4. The summed E-state index contributed by atoms with van der Waals surface area (Å²) in [6, 6.07) is 14.5. The number of aromatic nitrogens is 3. The highest BCUT2D eigenvalue weighted by atomic mass is 35.5. The summed E-state index contributed by atoms with van der Waals surface area (Å²) >= 11 is 6.12. The summed E-state index contributed by atoms with van der Waals surface area (Å²) in [7, 11) is 0. The number of nitrogens with zero attached hydrogens (tertiary/aromatic N) is 4. The highest BCUT2D eigenvalue weighted by molar-refractivity contribution is 6.31. The maximum atomic E-state index is 13.7. The van der Waals surface area contributed by atoms with Crippen molar-refractivity contribution in [1.29, 1.82) is 0 Å². The van der Waals surface area contributed by atoms with Gasteiger partial charge in [0, 0.05) is 48.3 Å². The molecule has 2 aromatic carbocycles. The van der Waals surface area contributed by atoms with Crippen LogP contribution in [0.2, 0.25) is 5.02 Å². The highest BCUT2D eigenvalue weighted by Gasteiger charge is 2.35. The second-order valence-corrected chi connectivity index (χ2v) is 8.87. The van der Waals surface area contributed by atoms with E-state index < -0.39 is 6.04 Å². The molecule has 2 N–H and O–H groups in total. The molecule has 0 aliphatic carbocycles. The number of anilines is 2. The summed E-state index contributed by atoms with van der Waals surface area (Å²) in [5, 5.41) is 5.96. The number of carbonyl (C=O) groups is 3. The van der Waals surface area contributed by atoms with Crippen LogP contribution >= 0.6 is 11.6 Å². The molecule has 2 aromatic heterocycles. The van der Waals surface area contributed by atoms with Crippen LogP contribution in [0.4, 0.5) is 11.5 Å². The number of rotatable bonds is 6. The fourth-order valence-corrected chi connectivity index (χ4v) is 4.27. The van der Waals surface area contributed by atoms with Crippen LogP contribution in [0.5, 0.6) is 0 Å². The van der Waals surface area contributed by atoms with Crippen molar-refractivity contribution in [3.05, 3.63) is 113 Å². The molecule has 1 atom stereocenters. The monoisotopic (exact) mass is 512 g/mol. The molecule has 0 radical (unpaired) electrons. The Morgan fingerprint density at radius 2 is 1.78 bits per heavy atom. The van der Waals surface area contributed by atoms with Crippen LogP contribution in [0.25, 0.3) is 0 Å². The molecule has 3 heterocycles. The Morgan fingerprint density at radius 3 is 2.51 bits per heavy atom. The molecule has 0 unspecified atom stereocenters. The molecule has 10 heteroatoms. The van der Waals surface area contributed by atoms with Crippen LogP contribution in [0.1, 0.15) is 31.8 Å². The third kappa shape index (κ3) is 5.46. The fraction of sp³-hybridized carbons (Fsp3) is 0.111. The van der Waals surface area contributed by atoms with Gasteiger partial charge in [-0.15, -0.1) is 0 Å². The lowest BCUT2D eigenvalue weighted by atomic mass is 10.0. The number of pyridine rings is 1. The van der Waals surface area contributed by atoms with Crippen molar-refractivity contribution in [2.24, 2.45) is 0 Å². The van der Waals surface area contributed by atoms with Gasteiger partial charge in [0.05, 0.1) is 17.4 Å². The minimum atomic E-state index is -0.789. The average molecular weight is 513 g/mol. The molecule has 9 nitrogen and oxygen atoms in total. The zero-order valence-corrected chi connectivity index (χ0v) is 20.2. The van der Waals surface area contributed by atoms with E-state index in [9.17, 15) is 14.4 Å². The summed E-state index contributed by atoms with van der Waals surface area (Å²) < 4.78 is 0. The number of carbonyl (C=O) groups excluding carboxylic acids is 3. The molecule has 0 fully saturated rings. The van der Waals surface area contributed by atoms with Crippen LogP contribution in [0.3, 0.4) is 0 Å². The Bertz CT molecular complexity index is 1450. The molecular formula is C27H21ClN6O3. The molecule has 5 rings (SSSR count). The van der Waals surface area contributed by atoms with Crippen molar-refractivity contribution in [3.63, 3.8) is 0 Å². The molecule has 0 saturated carbocycles. The molecule has 1 aliphatic rings. The van der Waals surface area contributed by atoms with E-state index in [2.05, 4.69) is 25.6 Å². The third-order valence-corrected chi connectivity index (χ3v) is 6.17. The summed E-state index contributed by atoms with van der Waals surface area (Å²) in [6.07, 6.45) is 8.07. The van der Waals surface area contributed by atoms with Gasteiger partial charge in [0.25, 0.3) is 11.8 Å². The van der Waals surface area contributed by atoms with Crippen LogP contribution in [0, 0.1) is 0 Å². The van der Waals surface area contributed by atoms with Crippen molar-refractivity contribution in [2.75, 3.05) is 10.6 Å². The van der Waals surface area contributed by atoms with Gasteiger partial charge in [-0.3, -0.25) is 24.4 Å². The highest BCUT2D eigenvalue weighted by Crippen LogP contribution is 2.29. The van der Waals surface area contributed by atoms with Crippen LogP contribution < -0.4 is 10.6 Å². The van der Waals surface area contributed by atoms with Crippen LogP contribution in [-0.2, 0) is 17.8 Å². The molecule has 0 spiro atoms. The molecule has 37 heavy (non-hydrogen) atoms. The summed E-state index contributed by atoms with van der Waals surface area (Å²) in [4.78, 5) is 53.2. The molecule has 1 aliphatic heterocycles. The quantitative estimate of drug-likeness (QED) is 0.403. The van der Waals surface area contributed by atoms with Crippen LogP contribution in [0.15, 0.2) is 85.6 Å². The first kappa shape index (κ1) is 24.1. The molecule has 0 saturated heterocycles. The number of amides is 3. The second kappa shape index (κ2) is 10.5. The Balaban J connectivity index is 1.42. The Hall–Kier alpha value is -4.63. The van der Waals surface area contributed by atoms with E-state index in [0.717, 1.165) is 11.1 Å². The van der Waals surface area contributed by atoms with E-state index in [-0.39, 0.29) is 30.7 Å². The van der Waals surface area contributed by atoms with E-state index in [4.69, 9.17) is 11.6 Å². The van der Waals surface area contributed by atoms with Crippen molar-refractivity contribution in [1.82, 2.24) is 19.9 Å². The van der Waals surface area contributed by atoms with Crippen molar-refractivity contribution in [2.45, 2.75) is 19.0 Å². The topological polar surface area (TPSA) is 117 Å². The minimum Gasteiger partial charge on any atom is -0.323 e. The van der Waals surface area contributed by atoms with Gasteiger partial charge in [-0.1, -0.05) is 29.8 Å². The van der Waals surface area contributed by atoms with Gasteiger partial charge in [0.15, 0.2) is 5.82 Å². The molecule has 4 aromatic rings. The first-order chi connectivity index (χ1) is 18.0. The molecule has 0 bridgehead atoms. The smallest absolute Gasteiger partial charge is 0.256 e. The number of fused-ring (bicyclic) bond motifs is 1. The van der Waals surface area contributed by atoms with Gasteiger partial charge in [0.1, 0.15) is 6.04 Å². The fourth-order valence-electron chi connectivity index (χ4n) is 4.10. The summed E-state index contributed by atoms with van der Waals surface area (Å²) in [5.74, 6) is -0.617. The van der Waals surface area contributed by atoms with E-state index in [0.29, 0.717) is 27.7 Å². The number of benzene rings is 2. The summed E-state index contributed by atoms with van der Waals surface area (Å²) in [5.41, 5.74) is 2.72. The average Bonchev–Trinajstić information content (AvgIpc) is 3.00. The van der Waals surface area contributed by atoms with E-state index >= 15 is 0 Å². The normalized spacial score (nSPS) is 14.9. The number of halogens is 1. The predicted octanol–water partition coefficient (Wildman–Crippen LogP) is 3.98. The zero-order chi connectivity index (χ0) is 25.8. The molecule has 184 valence electrons. The Labute approximate surface area is 217 Å². The van der Waals surface area contributed by atoms with Crippen LogP contribution in [-0.4, -0.2) is 43.6 Å². The number of hydrogen-bond acceptors (Lipinski definition) is 6. The van der Waals surface area contributed by atoms with Gasteiger partial charge >= 0.3 is 0 Å². The van der Waals surface area contributed by atoms with Gasteiger partial charge < -0.3 is 15.5 Å². The standard InChI is InChI=1S/C27H21ClN6O3/c28-20-7-8-21-22(13-20)32-26(36)23(12-18-2-1-9-29-14-18)34(27(21)37)16-17-3-5-19(6-4-17)25(35)33-24-15-30-10-11-31-24/h1-11,13-15,23H,12,16H2,(H,32,36)(H,31,33,35)/t23-/m1/s1. The second-order valence-electron chi connectivity index (χ2n) is 8.44. The van der Waals surface area contributed by atoms with Gasteiger partial charge in [-0.25, -0.2) is 4.98 Å².